The second kappa shape index (κ2) is 10.5. The molecule has 29 heavy (non-hydrogen) atoms. The largest absolute Gasteiger partial charge is 0.468 e. The molecule has 0 spiro atoms. The number of hydrogen-bond donors (Lipinski definition) is 1. The predicted molar refractivity (Wildman–Crippen MR) is 126 cm³/mol. The topological polar surface area (TPSA) is 61.8 Å². The van der Waals surface area contributed by atoms with Gasteiger partial charge < -0.3 is 14.6 Å². The molecule has 1 N–H and O–H groups in total. The first-order chi connectivity index (χ1) is 13.7. The van der Waals surface area contributed by atoms with E-state index in [1.165, 1.54) is 18.4 Å². The molecule has 2 aliphatic rings. The lowest BCUT2D eigenvalue weighted by Gasteiger charge is -2.26. The van der Waals surface area contributed by atoms with Crippen molar-refractivity contribution in [3.63, 3.8) is 0 Å². The maximum Gasteiger partial charge on any atom is 0.194 e. The van der Waals surface area contributed by atoms with Crippen LogP contribution in [-0.2, 0) is 7.05 Å². The molecule has 0 radical (unpaired) electrons. The van der Waals surface area contributed by atoms with Gasteiger partial charge >= 0.3 is 0 Å². The summed E-state index contributed by atoms with van der Waals surface area (Å²) in [5, 5.41) is 7.83. The van der Waals surface area contributed by atoms with Gasteiger partial charge in [0.1, 0.15) is 5.76 Å². The molecule has 2 unspecified atom stereocenters. The number of aryl methyl sites for hydroxylation is 1. The summed E-state index contributed by atoms with van der Waals surface area (Å²) < 4.78 is 7.64. The maximum absolute atomic E-state index is 5.75. The number of rotatable bonds is 6. The molecule has 2 aromatic heterocycles. The minimum absolute atomic E-state index is 0. The fourth-order valence-corrected chi connectivity index (χ4v) is 4.39. The molecule has 2 atom stereocenters. The Morgan fingerprint density at radius 1 is 1.34 bits per heavy atom. The fraction of sp³-hybridized carbons (Fsp3) is 0.619. The van der Waals surface area contributed by atoms with Gasteiger partial charge in [-0.05, 0) is 57.0 Å². The van der Waals surface area contributed by atoms with E-state index in [0.29, 0.717) is 5.92 Å². The van der Waals surface area contributed by atoms with E-state index in [4.69, 9.17) is 9.41 Å². The second-order valence-electron chi connectivity index (χ2n) is 7.85. The van der Waals surface area contributed by atoms with Crippen molar-refractivity contribution < 1.29 is 4.42 Å². The lowest BCUT2D eigenvalue weighted by molar-refractivity contribution is 0.220. The maximum atomic E-state index is 5.75. The SMILES string of the molecule is CCNC(=NCC(c1ccco1)N1CCCC1)N1CCC(c2cnn(C)c2)C1.I. The van der Waals surface area contributed by atoms with Gasteiger partial charge in [0.2, 0.25) is 0 Å². The summed E-state index contributed by atoms with van der Waals surface area (Å²) in [6.07, 6.45) is 9.58. The first-order valence-corrected chi connectivity index (χ1v) is 10.5. The van der Waals surface area contributed by atoms with Crippen LogP contribution in [0.3, 0.4) is 0 Å². The zero-order chi connectivity index (χ0) is 19.3. The molecule has 4 rings (SSSR count). The van der Waals surface area contributed by atoms with Crippen molar-refractivity contribution in [2.45, 2.75) is 38.1 Å². The van der Waals surface area contributed by atoms with Gasteiger partial charge in [0.25, 0.3) is 0 Å². The van der Waals surface area contributed by atoms with Gasteiger partial charge in [-0.15, -0.1) is 24.0 Å². The number of nitrogens with zero attached hydrogens (tertiary/aromatic N) is 5. The third-order valence-electron chi connectivity index (χ3n) is 5.89. The van der Waals surface area contributed by atoms with Crippen LogP contribution in [-0.4, -0.2) is 64.8 Å². The normalized spacial score (nSPS) is 21.4. The summed E-state index contributed by atoms with van der Waals surface area (Å²) in [5.74, 6) is 2.57. The molecule has 0 aliphatic carbocycles. The summed E-state index contributed by atoms with van der Waals surface area (Å²) in [5.41, 5.74) is 1.33. The Hall–Kier alpha value is -1.55. The van der Waals surface area contributed by atoms with Crippen LogP contribution in [0.2, 0.25) is 0 Å². The number of nitrogens with one attached hydrogen (secondary N) is 1. The molecule has 0 saturated carbocycles. The van der Waals surface area contributed by atoms with Crippen LogP contribution in [0.5, 0.6) is 0 Å². The van der Waals surface area contributed by atoms with E-state index < -0.39 is 0 Å². The van der Waals surface area contributed by atoms with Crippen LogP contribution < -0.4 is 5.32 Å². The number of halogens is 1. The molecule has 8 heteroatoms. The average Bonchev–Trinajstić information content (AvgIpc) is 3.47. The van der Waals surface area contributed by atoms with Crippen molar-refractivity contribution in [1.82, 2.24) is 24.9 Å². The summed E-state index contributed by atoms with van der Waals surface area (Å²) in [6, 6.07) is 4.29. The Morgan fingerprint density at radius 3 is 2.83 bits per heavy atom. The second-order valence-corrected chi connectivity index (χ2v) is 7.85. The monoisotopic (exact) mass is 512 g/mol. The molecule has 0 amide bonds. The number of guanidine groups is 1. The highest BCUT2D eigenvalue weighted by Crippen LogP contribution is 2.28. The van der Waals surface area contributed by atoms with Crippen LogP contribution in [0.25, 0.3) is 0 Å². The molecule has 0 aromatic carbocycles. The van der Waals surface area contributed by atoms with Crippen LogP contribution in [0.15, 0.2) is 40.2 Å². The summed E-state index contributed by atoms with van der Waals surface area (Å²) in [7, 11) is 1.98. The Bertz CT molecular complexity index is 768. The Labute approximate surface area is 190 Å². The van der Waals surface area contributed by atoms with E-state index in [1.807, 2.05) is 24.0 Å². The summed E-state index contributed by atoms with van der Waals surface area (Å²) >= 11 is 0. The highest BCUT2D eigenvalue weighted by Gasteiger charge is 2.29. The fourth-order valence-electron chi connectivity index (χ4n) is 4.39. The van der Waals surface area contributed by atoms with Crippen molar-refractivity contribution in [2.24, 2.45) is 12.0 Å². The van der Waals surface area contributed by atoms with Crippen molar-refractivity contribution >= 4 is 29.9 Å². The first-order valence-electron chi connectivity index (χ1n) is 10.5. The molecule has 2 fully saturated rings. The standard InChI is InChI=1S/C21H32N6O.HI/c1-3-22-21(27-11-8-17(16-27)18-13-24-25(2)15-18)23-14-19(20-7-6-12-28-20)26-9-4-5-10-26;/h6-7,12-13,15,17,19H,3-5,8-11,14,16H2,1-2H3,(H,22,23);1H. The molecule has 2 aliphatic heterocycles. The number of likely N-dealkylation sites (tertiary alicyclic amines) is 2. The van der Waals surface area contributed by atoms with E-state index in [2.05, 4.69) is 39.4 Å². The first kappa shape index (κ1) is 22.1. The molecular weight excluding hydrogens is 479 g/mol. The van der Waals surface area contributed by atoms with Crippen molar-refractivity contribution in [3.8, 4) is 0 Å². The third kappa shape index (κ3) is 5.33. The predicted octanol–water partition coefficient (Wildman–Crippen LogP) is 3.22. The van der Waals surface area contributed by atoms with Crippen LogP contribution >= 0.6 is 24.0 Å². The Kier molecular flexibility index (Phi) is 7.99. The molecule has 7 nitrogen and oxygen atoms in total. The zero-order valence-electron chi connectivity index (χ0n) is 17.5. The van der Waals surface area contributed by atoms with Gasteiger partial charge in [0.15, 0.2) is 5.96 Å². The van der Waals surface area contributed by atoms with E-state index in [1.54, 1.807) is 6.26 Å². The third-order valence-corrected chi connectivity index (χ3v) is 5.89. The molecule has 2 saturated heterocycles. The summed E-state index contributed by atoms with van der Waals surface area (Å²) in [6.45, 7) is 8.02. The van der Waals surface area contributed by atoms with Crippen molar-refractivity contribution in [2.75, 3.05) is 39.3 Å². The lowest BCUT2D eigenvalue weighted by Crippen LogP contribution is -2.40. The zero-order valence-corrected chi connectivity index (χ0v) is 19.8. The number of furan rings is 1. The molecule has 2 aromatic rings. The Morgan fingerprint density at radius 2 is 2.17 bits per heavy atom. The number of aromatic nitrogens is 2. The number of hydrogen-bond acceptors (Lipinski definition) is 4. The van der Waals surface area contributed by atoms with Gasteiger partial charge in [0, 0.05) is 38.8 Å². The van der Waals surface area contributed by atoms with Gasteiger partial charge in [-0.2, -0.15) is 5.10 Å². The smallest absolute Gasteiger partial charge is 0.194 e. The minimum atomic E-state index is 0. The Balaban J connectivity index is 0.00000240. The van der Waals surface area contributed by atoms with Crippen LogP contribution in [0.4, 0.5) is 0 Å². The van der Waals surface area contributed by atoms with Gasteiger partial charge in [-0.25, -0.2) is 0 Å². The van der Waals surface area contributed by atoms with Gasteiger partial charge in [-0.3, -0.25) is 14.6 Å². The number of aliphatic imine (C=N–C) groups is 1. The van der Waals surface area contributed by atoms with E-state index >= 15 is 0 Å². The van der Waals surface area contributed by atoms with Gasteiger partial charge in [0.05, 0.1) is 25.0 Å². The van der Waals surface area contributed by atoms with Crippen molar-refractivity contribution in [3.05, 3.63) is 42.1 Å². The molecule has 160 valence electrons. The van der Waals surface area contributed by atoms with E-state index in [0.717, 1.165) is 57.4 Å². The van der Waals surface area contributed by atoms with Crippen LogP contribution in [0.1, 0.15) is 49.5 Å². The summed E-state index contributed by atoms with van der Waals surface area (Å²) in [4.78, 5) is 9.94. The molecule has 0 bridgehead atoms. The molecule has 4 heterocycles. The van der Waals surface area contributed by atoms with E-state index in [9.17, 15) is 0 Å². The average molecular weight is 512 g/mol. The van der Waals surface area contributed by atoms with Crippen molar-refractivity contribution in [1.29, 1.82) is 0 Å². The minimum Gasteiger partial charge on any atom is -0.468 e. The van der Waals surface area contributed by atoms with E-state index in [-0.39, 0.29) is 30.0 Å². The quantitative estimate of drug-likeness (QED) is 0.366. The highest BCUT2D eigenvalue weighted by molar-refractivity contribution is 14.0. The molecular formula is C21H33IN6O. The van der Waals surface area contributed by atoms with Gasteiger partial charge in [-0.1, -0.05) is 0 Å². The lowest BCUT2D eigenvalue weighted by atomic mass is 10.0. The highest BCUT2D eigenvalue weighted by atomic mass is 127. The van der Waals surface area contributed by atoms with Crippen LogP contribution in [0, 0.1) is 0 Å².